The molecule has 0 aliphatic carbocycles. The van der Waals surface area contributed by atoms with Gasteiger partial charge in [0, 0.05) is 11.4 Å². The summed E-state index contributed by atoms with van der Waals surface area (Å²) in [4.78, 5) is 24.7. The van der Waals surface area contributed by atoms with Crippen molar-refractivity contribution in [3.63, 3.8) is 0 Å². The molecule has 3 fully saturated rings. The maximum atomic E-state index is 12.5. The van der Waals surface area contributed by atoms with Gasteiger partial charge < -0.3 is 9.47 Å². The molecule has 0 amide bonds. The first kappa shape index (κ1) is 14.0. The van der Waals surface area contributed by atoms with Gasteiger partial charge in [0.1, 0.15) is 5.54 Å². The third-order valence-electron chi connectivity index (χ3n) is 5.15. The standard InChI is InChI=1S/C16H16ClNO4/c17-11-4-2-1-3-10(11)12-15(5-7-21-13(15)19)9-16(18-12)6-8-22-14(16)20/h1-4,12,18H,5-9H2/t12-,15+,16-/m1/s1. The molecule has 2 spiro atoms. The molecule has 0 bridgehead atoms. The van der Waals surface area contributed by atoms with Crippen molar-refractivity contribution in [3.05, 3.63) is 34.9 Å². The van der Waals surface area contributed by atoms with E-state index in [4.69, 9.17) is 21.1 Å². The van der Waals surface area contributed by atoms with Crippen LogP contribution in [0.3, 0.4) is 0 Å². The Labute approximate surface area is 132 Å². The van der Waals surface area contributed by atoms with Crippen molar-refractivity contribution in [2.75, 3.05) is 13.2 Å². The molecule has 1 N–H and O–H groups in total. The third kappa shape index (κ3) is 1.75. The SMILES string of the molecule is O=C1OCC[C@@]12C[C@@]1(CCOC1=O)[C@@H](c1ccccc1Cl)N2. The van der Waals surface area contributed by atoms with Gasteiger partial charge in [0.2, 0.25) is 0 Å². The summed E-state index contributed by atoms with van der Waals surface area (Å²) < 4.78 is 10.4. The molecular weight excluding hydrogens is 306 g/mol. The van der Waals surface area contributed by atoms with Gasteiger partial charge in [-0.3, -0.25) is 14.9 Å². The van der Waals surface area contributed by atoms with Gasteiger partial charge in [-0.1, -0.05) is 29.8 Å². The van der Waals surface area contributed by atoms with Crippen LogP contribution in [-0.4, -0.2) is 30.7 Å². The van der Waals surface area contributed by atoms with Crippen LogP contribution in [0.2, 0.25) is 5.02 Å². The number of benzene rings is 1. The Kier molecular flexibility index (Phi) is 3.00. The highest BCUT2D eigenvalue weighted by atomic mass is 35.5. The fraction of sp³-hybridized carbons (Fsp3) is 0.500. The molecule has 116 valence electrons. The number of esters is 2. The molecule has 5 nitrogen and oxygen atoms in total. The molecule has 0 aromatic heterocycles. The lowest BCUT2D eigenvalue weighted by atomic mass is 9.73. The zero-order chi connectivity index (χ0) is 15.4. The lowest BCUT2D eigenvalue weighted by Crippen LogP contribution is -2.44. The average Bonchev–Trinajstić information content (AvgIpc) is 3.14. The first-order valence-electron chi connectivity index (χ1n) is 7.44. The Morgan fingerprint density at radius 1 is 1.09 bits per heavy atom. The number of halogens is 1. The second kappa shape index (κ2) is 4.70. The molecule has 3 heterocycles. The fourth-order valence-corrected chi connectivity index (χ4v) is 4.28. The molecule has 1 aromatic carbocycles. The molecule has 3 atom stereocenters. The van der Waals surface area contributed by atoms with Gasteiger partial charge in [-0.2, -0.15) is 0 Å². The molecule has 1 aromatic rings. The van der Waals surface area contributed by atoms with Gasteiger partial charge in [0.25, 0.3) is 0 Å². The van der Waals surface area contributed by atoms with Crippen molar-refractivity contribution >= 4 is 23.5 Å². The largest absolute Gasteiger partial charge is 0.465 e. The molecule has 0 saturated carbocycles. The molecule has 6 heteroatoms. The van der Waals surface area contributed by atoms with Crippen LogP contribution in [0.5, 0.6) is 0 Å². The lowest BCUT2D eigenvalue weighted by Gasteiger charge is -2.27. The van der Waals surface area contributed by atoms with Gasteiger partial charge in [0.05, 0.1) is 24.7 Å². The highest BCUT2D eigenvalue weighted by molar-refractivity contribution is 6.31. The molecule has 3 aliphatic rings. The Bertz CT molecular complexity index is 663. The summed E-state index contributed by atoms with van der Waals surface area (Å²) >= 11 is 6.34. The summed E-state index contributed by atoms with van der Waals surface area (Å²) in [5, 5.41) is 3.96. The Balaban J connectivity index is 1.83. The molecule has 3 aliphatic heterocycles. The van der Waals surface area contributed by atoms with Crippen molar-refractivity contribution in [2.45, 2.75) is 30.8 Å². The van der Waals surface area contributed by atoms with Gasteiger partial charge >= 0.3 is 11.9 Å². The maximum absolute atomic E-state index is 12.5. The summed E-state index contributed by atoms with van der Waals surface area (Å²) in [6.45, 7) is 0.763. The van der Waals surface area contributed by atoms with Crippen LogP contribution in [0.1, 0.15) is 30.9 Å². The van der Waals surface area contributed by atoms with Crippen molar-refractivity contribution in [1.82, 2.24) is 5.32 Å². The van der Waals surface area contributed by atoms with Crippen LogP contribution in [0, 0.1) is 5.41 Å². The second-order valence-corrected chi connectivity index (χ2v) is 6.69. The van der Waals surface area contributed by atoms with E-state index in [1.54, 1.807) is 6.07 Å². The van der Waals surface area contributed by atoms with E-state index in [0.717, 1.165) is 5.56 Å². The predicted octanol–water partition coefficient (Wildman–Crippen LogP) is 1.99. The van der Waals surface area contributed by atoms with Crippen LogP contribution < -0.4 is 5.32 Å². The van der Waals surface area contributed by atoms with Gasteiger partial charge in [-0.05, 0) is 24.5 Å². The smallest absolute Gasteiger partial charge is 0.326 e. The molecule has 3 saturated heterocycles. The minimum atomic E-state index is -0.798. The van der Waals surface area contributed by atoms with Crippen LogP contribution >= 0.6 is 11.6 Å². The first-order valence-corrected chi connectivity index (χ1v) is 7.82. The van der Waals surface area contributed by atoms with E-state index in [-0.39, 0.29) is 18.0 Å². The summed E-state index contributed by atoms with van der Waals surface area (Å²) in [7, 11) is 0. The van der Waals surface area contributed by atoms with Crippen LogP contribution in [-0.2, 0) is 19.1 Å². The number of carbonyl (C=O) groups is 2. The third-order valence-corrected chi connectivity index (χ3v) is 5.49. The second-order valence-electron chi connectivity index (χ2n) is 6.29. The number of carbonyl (C=O) groups excluding carboxylic acids is 2. The number of hydrogen-bond donors (Lipinski definition) is 1. The zero-order valence-electron chi connectivity index (χ0n) is 11.9. The summed E-state index contributed by atoms with van der Waals surface area (Å²) in [6.07, 6.45) is 1.57. The summed E-state index contributed by atoms with van der Waals surface area (Å²) in [6, 6.07) is 7.09. The minimum Gasteiger partial charge on any atom is -0.465 e. The maximum Gasteiger partial charge on any atom is 0.326 e. The van der Waals surface area contributed by atoms with Gasteiger partial charge in [0.15, 0.2) is 0 Å². The fourth-order valence-electron chi connectivity index (χ4n) is 4.03. The van der Waals surface area contributed by atoms with Crippen molar-refractivity contribution < 1.29 is 19.1 Å². The molecule has 0 radical (unpaired) electrons. The lowest BCUT2D eigenvalue weighted by molar-refractivity contribution is -0.147. The topological polar surface area (TPSA) is 64.6 Å². The summed E-state index contributed by atoms with van der Waals surface area (Å²) in [5.74, 6) is -0.525. The number of cyclic esters (lactones) is 2. The average molecular weight is 322 g/mol. The van der Waals surface area contributed by atoms with Crippen LogP contribution in [0.4, 0.5) is 0 Å². The highest BCUT2D eigenvalue weighted by Crippen LogP contribution is 2.56. The van der Waals surface area contributed by atoms with E-state index >= 15 is 0 Å². The molecule has 22 heavy (non-hydrogen) atoms. The number of nitrogens with one attached hydrogen (secondary N) is 1. The highest BCUT2D eigenvalue weighted by Gasteiger charge is 2.65. The van der Waals surface area contributed by atoms with Crippen LogP contribution in [0.15, 0.2) is 24.3 Å². The number of ether oxygens (including phenoxy) is 2. The molecule has 0 unspecified atom stereocenters. The predicted molar refractivity (Wildman–Crippen MR) is 78.3 cm³/mol. The van der Waals surface area contributed by atoms with E-state index in [0.29, 0.717) is 37.5 Å². The van der Waals surface area contributed by atoms with Crippen molar-refractivity contribution in [3.8, 4) is 0 Å². The van der Waals surface area contributed by atoms with E-state index in [9.17, 15) is 9.59 Å². The van der Waals surface area contributed by atoms with Crippen molar-refractivity contribution in [1.29, 1.82) is 0 Å². The van der Waals surface area contributed by atoms with E-state index < -0.39 is 11.0 Å². The normalized spacial score (nSPS) is 37.0. The Morgan fingerprint density at radius 2 is 1.82 bits per heavy atom. The molecular formula is C16H16ClNO4. The van der Waals surface area contributed by atoms with E-state index in [1.165, 1.54) is 0 Å². The summed E-state index contributed by atoms with van der Waals surface area (Å²) in [5.41, 5.74) is -0.707. The van der Waals surface area contributed by atoms with E-state index in [1.807, 2.05) is 18.2 Å². The number of hydrogen-bond acceptors (Lipinski definition) is 5. The molecule has 4 rings (SSSR count). The van der Waals surface area contributed by atoms with Gasteiger partial charge in [-0.25, -0.2) is 0 Å². The van der Waals surface area contributed by atoms with E-state index in [2.05, 4.69) is 5.32 Å². The minimum absolute atomic E-state index is 0.249. The Hall–Kier alpha value is -1.59. The van der Waals surface area contributed by atoms with Gasteiger partial charge in [-0.15, -0.1) is 0 Å². The van der Waals surface area contributed by atoms with Crippen LogP contribution in [0.25, 0.3) is 0 Å². The Morgan fingerprint density at radius 3 is 2.45 bits per heavy atom. The zero-order valence-corrected chi connectivity index (χ0v) is 12.7. The monoisotopic (exact) mass is 321 g/mol. The quantitative estimate of drug-likeness (QED) is 0.801. The van der Waals surface area contributed by atoms with Crippen molar-refractivity contribution in [2.24, 2.45) is 5.41 Å². The number of rotatable bonds is 1. The first-order chi connectivity index (χ1) is 10.6.